The van der Waals surface area contributed by atoms with E-state index in [1.54, 1.807) is 0 Å². The molecule has 1 atom stereocenters. The molecule has 0 radical (unpaired) electrons. The summed E-state index contributed by atoms with van der Waals surface area (Å²) < 4.78 is 6.20. The number of hydrogen-bond acceptors (Lipinski definition) is 5. The number of aromatic nitrogens is 3. The quantitative estimate of drug-likeness (QED) is 0.356. The second kappa shape index (κ2) is 11.6. The van der Waals surface area contributed by atoms with Crippen LogP contribution in [0, 0.1) is 12.3 Å². The van der Waals surface area contributed by atoms with Crippen molar-refractivity contribution in [1.82, 2.24) is 19.9 Å². The summed E-state index contributed by atoms with van der Waals surface area (Å²) in [6, 6.07) is 8.90. The van der Waals surface area contributed by atoms with Crippen LogP contribution in [0.15, 0.2) is 59.4 Å². The lowest BCUT2D eigenvalue weighted by Gasteiger charge is -2.38. The minimum atomic E-state index is 0.283. The van der Waals surface area contributed by atoms with Gasteiger partial charge in [0.2, 0.25) is 0 Å². The second-order valence-corrected chi connectivity index (χ2v) is 11.0. The van der Waals surface area contributed by atoms with Gasteiger partial charge in [0.15, 0.2) is 5.65 Å². The summed E-state index contributed by atoms with van der Waals surface area (Å²) in [6.07, 6.45) is 7.01. The van der Waals surface area contributed by atoms with Crippen LogP contribution in [0.5, 0.6) is 5.75 Å². The van der Waals surface area contributed by atoms with Crippen LogP contribution in [-0.4, -0.2) is 44.8 Å². The number of H-pyrrole nitrogens is 1. The van der Waals surface area contributed by atoms with E-state index in [1.807, 2.05) is 40.0 Å². The monoisotopic (exact) mass is 513 g/mol. The molecule has 3 heterocycles. The highest BCUT2D eigenvalue weighted by Crippen LogP contribution is 2.42. The van der Waals surface area contributed by atoms with Gasteiger partial charge < -0.3 is 9.72 Å². The first-order chi connectivity index (χ1) is 18.2. The van der Waals surface area contributed by atoms with Crippen molar-refractivity contribution in [3.8, 4) is 16.9 Å². The van der Waals surface area contributed by atoms with Crippen LogP contribution >= 0.6 is 0 Å². The zero-order valence-electron chi connectivity index (χ0n) is 24.2. The fourth-order valence-electron chi connectivity index (χ4n) is 5.42. The topological polar surface area (TPSA) is 66.4 Å². The Labute approximate surface area is 228 Å². The molecule has 0 spiro atoms. The molecule has 6 heteroatoms. The third-order valence-corrected chi connectivity index (χ3v) is 7.60. The van der Waals surface area contributed by atoms with Crippen molar-refractivity contribution in [2.45, 2.75) is 80.3 Å². The zero-order valence-corrected chi connectivity index (χ0v) is 24.2. The highest BCUT2D eigenvalue weighted by molar-refractivity contribution is 5.93. The van der Waals surface area contributed by atoms with Gasteiger partial charge in [0.1, 0.15) is 18.2 Å². The number of hydrogen-bond donors (Lipinski definition) is 1. The van der Waals surface area contributed by atoms with Gasteiger partial charge in [-0.2, -0.15) is 0 Å². The first kappa shape index (κ1) is 27.8. The second-order valence-electron chi connectivity index (χ2n) is 11.0. The number of aryl methyl sites for hydroxylation is 1. The van der Waals surface area contributed by atoms with Gasteiger partial charge in [0.05, 0.1) is 5.52 Å². The van der Waals surface area contributed by atoms with Crippen LogP contribution in [0.25, 0.3) is 22.3 Å². The molecule has 3 aromatic rings. The summed E-state index contributed by atoms with van der Waals surface area (Å²) in [4.78, 5) is 19.8. The summed E-state index contributed by atoms with van der Waals surface area (Å²) in [7, 11) is 0. The molecule has 1 unspecified atom stereocenters. The molecule has 2 aromatic heterocycles. The van der Waals surface area contributed by atoms with E-state index in [-0.39, 0.29) is 11.5 Å². The molecule has 0 bridgehead atoms. The van der Waals surface area contributed by atoms with Gasteiger partial charge >= 0.3 is 0 Å². The lowest BCUT2D eigenvalue weighted by Crippen LogP contribution is -2.38. The van der Waals surface area contributed by atoms with E-state index in [0.717, 1.165) is 71.9 Å². The number of rotatable bonds is 5. The van der Waals surface area contributed by atoms with Crippen LogP contribution in [0.3, 0.4) is 0 Å². The summed E-state index contributed by atoms with van der Waals surface area (Å²) in [6.45, 7) is 21.4. The average molecular weight is 514 g/mol. The van der Waals surface area contributed by atoms with Gasteiger partial charge in [0.25, 0.3) is 0 Å². The van der Waals surface area contributed by atoms with Crippen LogP contribution in [0.2, 0.25) is 0 Å². The Morgan fingerprint density at radius 3 is 2.79 bits per heavy atom. The van der Waals surface area contributed by atoms with Crippen molar-refractivity contribution in [3.05, 3.63) is 65.8 Å². The van der Waals surface area contributed by atoms with Crippen molar-refractivity contribution >= 4 is 16.9 Å². The fraction of sp³-hybridized carbons (Fsp3) is 0.469. The minimum absolute atomic E-state index is 0.283. The van der Waals surface area contributed by atoms with Gasteiger partial charge in [-0.15, -0.1) is 0 Å². The summed E-state index contributed by atoms with van der Waals surface area (Å²) in [5.41, 5.74) is 9.11. The van der Waals surface area contributed by atoms with Crippen LogP contribution in [0.1, 0.15) is 72.2 Å². The fourth-order valence-corrected chi connectivity index (χ4v) is 5.42. The maximum atomic E-state index is 6.20. The predicted octanol–water partition coefficient (Wildman–Crippen LogP) is 7.65. The molecule has 2 aliphatic rings. The van der Waals surface area contributed by atoms with E-state index >= 15 is 0 Å². The Morgan fingerprint density at radius 1 is 1.24 bits per heavy atom. The van der Waals surface area contributed by atoms with E-state index in [0.29, 0.717) is 6.61 Å². The first-order valence-electron chi connectivity index (χ1n) is 13.9. The molecule has 38 heavy (non-hydrogen) atoms. The maximum Gasteiger partial charge on any atom is 0.177 e. The van der Waals surface area contributed by atoms with Crippen molar-refractivity contribution < 1.29 is 4.74 Å². The van der Waals surface area contributed by atoms with Crippen molar-refractivity contribution in [3.63, 3.8) is 0 Å². The average Bonchev–Trinajstić information content (AvgIpc) is 3.15. The number of pyridine rings is 1. The Morgan fingerprint density at radius 2 is 2.03 bits per heavy atom. The third-order valence-electron chi connectivity index (χ3n) is 7.60. The molecule has 6 nitrogen and oxygen atoms in total. The van der Waals surface area contributed by atoms with E-state index in [9.17, 15) is 0 Å². The third kappa shape index (κ3) is 6.07. The van der Waals surface area contributed by atoms with Gasteiger partial charge in [-0.3, -0.25) is 9.89 Å². The minimum Gasteiger partial charge on any atom is -0.492 e. The first-order valence-corrected chi connectivity index (χ1v) is 13.9. The molecule has 202 valence electrons. The van der Waals surface area contributed by atoms with E-state index in [4.69, 9.17) is 9.73 Å². The van der Waals surface area contributed by atoms with Gasteiger partial charge in [-0.1, -0.05) is 40.3 Å². The number of ether oxygens (including phenoxy) is 1. The molecule has 5 rings (SSSR count). The molecule has 0 saturated heterocycles. The molecule has 0 amide bonds. The lowest BCUT2D eigenvalue weighted by molar-refractivity contribution is 0.182. The highest BCUT2D eigenvalue weighted by atomic mass is 16.5. The van der Waals surface area contributed by atoms with Crippen molar-refractivity contribution in [2.75, 3.05) is 13.2 Å². The Hall–Kier alpha value is -3.25. The van der Waals surface area contributed by atoms with Crippen LogP contribution in [-0.2, 0) is 6.54 Å². The molecule has 0 fully saturated rings. The Balaban J connectivity index is 0.00000164. The molecule has 1 N–H and O–H groups in total. The summed E-state index contributed by atoms with van der Waals surface area (Å²) in [5, 5.41) is 0. The molecular weight excluding hydrogens is 470 g/mol. The normalized spacial score (nSPS) is 18.7. The molecule has 0 saturated carbocycles. The highest BCUT2D eigenvalue weighted by Gasteiger charge is 2.32. The Bertz CT molecular complexity index is 1360. The number of nitrogens with one attached hydrogen (secondary N) is 1. The van der Waals surface area contributed by atoms with Gasteiger partial charge in [0, 0.05) is 47.9 Å². The summed E-state index contributed by atoms with van der Waals surface area (Å²) >= 11 is 0. The number of imidazole rings is 1. The van der Waals surface area contributed by atoms with E-state index in [1.165, 1.54) is 16.8 Å². The van der Waals surface area contributed by atoms with Gasteiger partial charge in [-0.25, -0.2) is 9.97 Å². The summed E-state index contributed by atoms with van der Waals surface area (Å²) in [5.74, 6) is 1.85. The molecule has 1 aromatic carbocycles. The van der Waals surface area contributed by atoms with Gasteiger partial charge in [-0.05, 0) is 80.9 Å². The zero-order chi connectivity index (χ0) is 27.4. The lowest BCUT2D eigenvalue weighted by atomic mass is 9.74. The largest absolute Gasteiger partial charge is 0.492 e. The van der Waals surface area contributed by atoms with Crippen molar-refractivity contribution in [1.29, 1.82) is 0 Å². The van der Waals surface area contributed by atoms with Crippen LogP contribution < -0.4 is 4.74 Å². The number of fused-ring (bicyclic) bond motifs is 2. The smallest absolute Gasteiger partial charge is 0.177 e. The number of nitrogens with zero attached hydrogens (tertiary/aromatic N) is 4. The number of aromatic amines is 1. The van der Waals surface area contributed by atoms with Crippen molar-refractivity contribution in [2.24, 2.45) is 10.4 Å². The van der Waals surface area contributed by atoms with E-state index < -0.39 is 0 Å². The molecular formula is C32H43N5O. The standard InChI is InChI=1S/C30H37N5O.C2H6/c1-7-19(2)32-26-10-11-30(5,6)16-25(26)20(3)35-12-13-36-28-9-8-22(14-24(28)18-35)23-15-27-29(31-17-23)34-21(4)33-27;1-2/h7-9,14-15,17,20H,1,10-13,16,18H2,2-6H3,(H,31,33,34);1-2H3. The molecule has 1 aliphatic heterocycles. The number of benzene rings is 1. The van der Waals surface area contributed by atoms with Crippen LogP contribution in [0.4, 0.5) is 0 Å². The Kier molecular flexibility index (Phi) is 8.51. The maximum absolute atomic E-state index is 6.20. The SMILES string of the molecule is C=CC(C)=NC1=C(C(C)N2CCOc3ccc(-c4cnc5nc(C)[nH]c5c4)cc3C2)CC(C)(C)CC1.CC. The predicted molar refractivity (Wildman–Crippen MR) is 159 cm³/mol. The van der Waals surface area contributed by atoms with E-state index in [2.05, 4.69) is 71.5 Å². The number of aliphatic imine (C=N–C) groups is 1. The molecule has 1 aliphatic carbocycles. The number of allylic oxidation sites excluding steroid dienone is 2.